The maximum absolute atomic E-state index is 14.4. The number of aliphatic hydroxyl groups is 5. The third-order valence-electron chi connectivity index (χ3n) is 15.4. The van der Waals surface area contributed by atoms with Crippen molar-refractivity contribution in [1.29, 1.82) is 0 Å². The van der Waals surface area contributed by atoms with Gasteiger partial charge in [-0.2, -0.15) is 0 Å². The highest BCUT2D eigenvalue weighted by molar-refractivity contribution is 5.96. The molecule has 5 fully saturated rings. The third kappa shape index (κ3) is 3.64. The average molecular weight is 651 g/mol. The number of benzene rings is 1. The van der Waals surface area contributed by atoms with Gasteiger partial charge in [-0.3, -0.25) is 4.79 Å². The minimum Gasteiger partial charge on any atom is -0.508 e. The van der Waals surface area contributed by atoms with Crippen LogP contribution in [0.1, 0.15) is 84.6 Å². The standard InChI is InChI=1S/C38H50O9/c1-18-32(44)38(20-6-9-33(18,2)10-7-20)36(5,45)31-27(47-38)17-37(46)24-15-25(41)29-28(19-12-21(39)14-22(40)13-19)30(43)26(42)16-34(29,3)23(24)8-11-35(31,37)4/h6,9,12-15,18,20,23,26-32,39-40,42-46H,7-8,10-11,16-17H2,1-5H3. The first-order valence-electron chi connectivity index (χ1n) is 17.5. The molecule has 2 bridgehead atoms. The lowest BCUT2D eigenvalue weighted by Gasteiger charge is -2.62. The summed E-state index contributed by atoms with van der Waals surface area (Å²) in [5.41, 5.74) is -5.16. The summed E-state index contributed by atoms with van der Waals surface area (Å²) in [6, 6.07) is 4.02. The smallest absolute Gasteiger partial charge is 0.160 e. The molecule has 1 aromatic rings. The molecule has 0 radical (unpaired) electrons. The third-order valence-corrected chi connectivity index (χ3v) is 15.4. The second-order valence-electron chi connectivity index (χ2n) is 17.4. The number of phenolic OH excluding ortho intramolecular Hbond substituents is 2. The van der Waals surface area contributed by atoms with Crippen LogP contribution in [0, 0.1) is 45.8 Å². The topological polar surface area (TPSA) is 168 Å². The van der Waals surface area contributed by atoms with E-state index in [9.17, 15) is 40.5 Å². The predicted molar refractivity (Wildman–Crippen MR) is 171 cm³/mol. The van der Waals surface area contributed by atoms with Crippen LogP contribution < -0.4 is 0 Å². The minimum atomic E-state index is -1.48. The largest absolute Gasteiger partial charge is 0.508 e. The Balaban J connectivity index is 1.21. The van der Waals surface area contributed by atoms with Crippen LogP contribution in [-0.4, -0.2) is 82.7 Å². The maximum atomic E-state index is 14.4. The van der Waals surface area contributed by atoms with Crippen molar-refractivity contribution in [3.63, 3.8) is 0 Å². The minimum absolute atomic E-state index is 0.141. The van der Waals surface area contributed by atoms with Crippen LogP contribution in [0.4, 0.5) is 0 Å². The van der Waals surface area contributed by atoms with Crippen LogP contribution in [0.25, 0.3) is 0 Å². The molecule has 1 saturated heterocycles. The molecular weight excluding hydrogens is 600 g/mol. The summed E-state index contributed by atoms with van der Waals surface area (Å²) in [6.45, 7) is 9.95. The highest BCUT2D eigenvalue weighted by Gasteiger charge is 2.80. The number of aliphatic hydroxyl groups excluding tert-OH is 3. The molecule has 9 heteroatoms. The number of hydrogen-bond acceptors (Lipinski definition) is 9. The molecule has 1 aliphatic heterocycles. The summed E-state index contributed by atoms with van der Waals surface area (Å²) < 4.78 is 7.01. The summed E-state index contributed by atoms with van der Waals surface area (Å²) in [4.78, 5) is 14.4. The van der Waals surface area contributed by atoms with E-state index in [1.165, 1.54) is 18.2 Å². The van der Waals surface area contributed by atoms with Crippen molar-refractivity contribution < 1.29 is 45.3 Å². The Labute approximate surface area is 276 Å². The van der Waals surface area contributed by atoms with E-state index in [2.05, 4.69) is 19.1 Å². The maximum Gasteiger partial charge on any atom is 0.160 e. The lowest BCUT2D eigenvalue weighted by Crippen LogP contribution is -2.68. The second kappa shape index (κ2) is 9.49. The normalized spacial score (nSPS) is 56.0. The van der Waals surface area contributed by atoms with Crippen molar-refractivity contribution >= 4 is 5.78 Å². The lowest BCUT2D eigenvalue weighted by molar-refractivity contribution is -0.235. The van der Waals surface area contributed by atoms with Crippen molar-refractivity contribution in [3.8, 4) is 11.5 Å². The van der Waals surface area contributed by atoms with Crippen LogP contribution in [0.2, 0.25) is 0 Å². The number of carbonyl (C=O) groups is 1. The van der Waals surface area contributed by atoms with Crippen molar-refractivity contribution in [2.24, 2.45) is 45.8 Å². The Kier molecular flexibility index (Phi) is 6.45. The Bertz CT molecular complexity index is 1580. The number of allylic oxidation sites excluding steroid dienone is 2. The van der Waals surface area contributed by atoms with Gasteiger partial charge in [-0.25, -0.2) is 0 Å². The fourth-order valence-electron chi connectivity index (χ4n) is 13.0. The molecule has 1 heterocycles. The van der Waals surface area contributed by atoms with E-state index in [1.807, 2.05) is 20.8 Å². The molecule has 9 rings (SSSR count). The number of hydrogen-bond donors (Lipinski definition) is 7. The first kappa shape index (κ1) is 32.0. The van der Waals surface area contributed by atoms with Gasteiger partial charge in [0.1, 0.15) is 17.1 Å². The summed E-state index contributed by atoms with van der Waals surface area (Å²) in [7, 11) is 0. The second-order valence-corrected chi connectivity index (χ2v) is 17.4. The van der Waals surface area contributed by atoms with Crippen molar-refractivity contribution in [2.75, 3.05) is 0 Å². The van der Waals surface area contributed by atoms with Gasteiger partial charge in [0, 0.05) is 41.6 Å². The predicted octanol–water partition coefficient (Wildman–Crippen LogP) is 3.48. The zero-order chi connectivity index (χ0) is 33.9. The summed E-state index contributed by atoms with van der Waals surface area (Å²) >= 11 is 0. The molecule has 7 N–H and O–H groups in total. The molecular formula is C38H50O9. The van der Waals surface area contributed by atoms with Gasteiger partial charge in [0.05, 0.1) is 35.6 Å². The molecule has 4 saturated carbocycles. The fraction of sp³-hybridized carbons (Fsp3) is 0.711. The number of ketones is 1. The van der Waals surface area contributed by atoms with Gasteiger partial charge in [-0.1, -0.05) is 39.8 Å². The summed E-state index contributed by atoms with van der Waals surface area (Å²) in [6.07, 6.45) is 5.04. The quantitative estimate of drug-likeness (QED) is 0.225. The molecule has 7 aliphatic carbocycles. The molecule has 256 valence electrons. The molecule has 8 aliphatic rings. The van der Waals surface area contributed by atoms with Crippen LogP contribution in [0.5, 0.6) is 11.5 Å². The first-order chi connectivity index (χ1) is 21.9. The van der Waals surface area contributed by atoms with E-state index in [1.54, 1.807) is 13.0 Å². The number of carbonyl (C=O) groups excluding carboxylic acids is 1. The Morgan fingerprint density at radius 3 is 2.23 bits per heavy atom. The zero-order valence-corrected chi connectivity index (χ0v) is 27.9. The van der Waals surface area contributed by atoms with Gasteiger partial charge in [0.2, 0.25) is 0 Å². The lowest BCUT2D eigenvalue weighted by atomic mass is 9.43. The van der Waals surface area contributed by atoms with Crippen LogP contribution in [0.15, 0.2) is 42.0 Å². The van der Waals surface area contributed by atoms with Gasteiger partial charge < -0.3 is 40.5 Å². The molecule has 16 atom stereocenters. The fourth-order valence-corrected chi connectivity index (χ4v) is 13.0. The Morgan fingerprint density at radius 2 is 1.60 bits per heavy atom. The molecule has 16 unspecified atom stereocenters. The molecule has 1 aromatic carbocycles. The molecule has 0 amide bonds. The van der Waals surface area contributed by atoms with E-state index in [4.69, 9.17) is 4.74 Å². The van der Waals surface area contributed by atoms with E-state index in [-0.39, 0.29) is 53.3 Å². The van der Waals surface area contributed by atoms with E-state index in [0.29, 0.717) is 24.0 Å². The van der Waals surface area contributed by atoms with Gasteiger partial charge in [0.25, 0.3) is 0 Å². The highest BCUT2D eigenvalue weighted by Crippen LogP contribution is 2.74. The van der Waals surface area contributed by atoms with Crippen molar-refractivity contribution in [2.45, 2.75) is 120 Å². The number of fused-ring (bicyclic) bond motifs is 9. The Hall–Kier alpha value is -2.27. The zero-order valence-electron chi connectivity index (χ0n) is 27.9. The molecule has 0 aromatic heterocycles. The number of rotatable bonds is 1. The van der Waals surface area contributed by atoms with E-state index >= 15 is 0 Å². The SMILES string of the molecule is CC1C(O)C2(OC3CC4(O)C5=CC(=O)C6C(c7cc(O)cc(O)c7)C(O)C(O)CC6(C)C5CCC4(C)C3C2(C)O)C2C=CC1(C)CC2. The van der Waals surface area contributed by atoms with Gasteiger partial charge >= 0.3 is 0 Å². The van der Waals surface area contributed by atoms with E-state index < -0.39 is 69.8 Å². The summed E-state index contributed by atoms with van der Waals surface area (Å²) in [5, 5.41) is 80.9. The first-order valence-corrected chi connectivity index (χ1v) is 17.5. The van der Waals surface area contributed by atoms with E-state index in [0.717, 1.165) is 12.8 Å². The van der Waals surface area contributed by atoms with Gasteiger partial charge in [0.15, 0.2) is 5.78 Å². The average Bonchev–Trinajstić information content (AvgIpc) is 3.31. The summed E-state index contributed by atoms with van der Waals surface area (Å²) in [5.74, 6) is -3.48. The van der Waals surface area contributed by atoms with Gasteiger partial charge in [-0.05, 0) is 91.0 Å². The number of phenols is 2. The van der Waals surface area contributed by atoms with Crippen molar-refractivity contribution in [3.05, 3.63) is 47.6 Å². The van der Waals surface area contributed by atoms with Crippen LogP contribution in [0.3, 0.4) is 0 Å². The monoisotopic (exact) mass is 650 g/mol. The molecule has 47 heavy (non-hydrogen) atoms. The molecule has 9 nitrogen and oxygen atoms in total. The van der Waals surface area contributed by atoms with Crippen LogP contribution in [-0.2, 0) is 9.53 Å². The van der Waals surface area contributed by atoms with Crippen molar-refractivity contribution in [1.82, 2.24) is 0 Å². The Morgan fingerprint density at radius 1 is 0.915 bits per heavy atom. The highest BCUT2D eigenvalue weighted by atomic mass is 16.6. The van der Waals surface area contributed by atoms with Crippen LogP contribution >= 0.6 is 0 Å². The number of ether oxygens (including phenoxy) is 1. The van der Waals surface area contributed by atoms with Gasteiger partial charge in [-0.15, -0.1) is 0 Å². The number of aromatic hydroxyl groups is 2. The molecule has 1 spiro atoms.